The van der Waals surface area contributed by atoms with E-state index in [2.05, 4.69) is 5.32 Å². The molecule has 0 aliphatic rings. The average molecular weight is 369 g/mol. The predicted molar refractivity (Wildman–Crippen MR) is 89.8 cm³/mol. The molecule has 0 spiro atoms. The molecule has 1 N–H and O–H groups in total. The van der Waals surface area contributed by atoms with E-state index >= 15 is 0 Å². The number of halogens is 1. The molecule has 0 fully saturated rings. The Morgan fingerprint density at radius 2 is 2.08 bits per heavy atom. The van der Waals surface area contributed by atoms with Crippen LogP contribution in [0.5, 0.6) is 5.75 Å². The van der Waals surface area contributed by atoms with Gasteiger partial charge in [0.2, 0.25) is 11.7 Å². The molecule has 0 atom stereocenters. The zero-order valence-corrected chi connectivity index (χ0v) is 14.1. The molecule has 24 heavy (non-hydrogen) atoms. The van der Waals surface area contributed by atoms with Crippen molar-refractivity contribution in [1.82, 2.24) is 5.32 Å². The van der Waals surface area contributed by atoms with Gasteiger partial charge in [-0.05, 0) is 24.3 Å². The molecule has 0 radical (unpaired) electrons. The zero-order valence-electron chi connectivity index (χ0n) is 12.6. The van der Waals surface area contributed by atoms with Crippen LogP contribution >= 0.6 is 22.9 Å². The second-order valence-corrected chi connectivity index (χ2v) is 6.36. The SMILES string of the molecule is CC(=O)NCc1ccc(C(=O)COc2ccc(Cl)cc2[N+](=O)[O-])s1. The van der Waals surface area contributed by atoms with E-state index in [-0.39, 0.29) is 34.8 Å². The molecule has 0 aliphatic carbocycles. The van der Waals surface area contributed by atoms with Crippen molar-refractivity contribution in [3.63, 3.8) is 0 Å². The Hall–Kier alpha value is -2.45. The lowest BCUT2D eigenvalue weighted by Gasteiger charge is -2.05. The summed E-state index contributed by atoms with van der Waals surface area (Å²) in [4.78, 5) is 34.6. The van der Waals surface area contributed by atoms with Crippen LogP contribution in [0, 0.1) is 10.1 Å². The van der Waals surface area contributed by atoms with Crippen LogP contribution in [0.25, 0.3) is 0 Å². The van der Waals surface area contributed by atoms with Crippen molar-refractivity contribution in [3.05, 3.63) is 55.2 Å². The molecule has 7 nitrogen and oxygen atoms in total. The van der Waals surface area contributed by atoms with E-state index in [9.17, 15) is 19.7 Å². The Balaban J connectivity index is 2.01. The van der Waals surface area contributed by atoms with Gasteiger partial charge in [0.05, 0.1) is 16.3 Å². The Labute approximate surface area is 146 Å². The molecular formula is C15H13ClN2O5S. The molecule has 0 aliphatic heterocycles. The van der Waals surface area contributed by atoms with Gasteiger partial charge in [0.1, 0.15) is 0 Å². The van der Waals surface area contributed by atoms with Gasteiger partial charge >= 0.3 is 5.69 Å². The number of ketones is 1. The van der Waals surface area contributed by atoms with Crippen LogP contribution in [0.2, 0.25) is 5.02 Å². The van der Waals surface area contributed by atoms with Gasteiger partial charge in [-0.3, -0.25) is 19.7 Å². The van der Waals surface area contributed by atoms with Crippen molar-refractivity contribution in [2.24, 2.45) is 0 Å². The Kier molecular flexibility index (Phi) is 5.88. The van der Waals surface area contributed by atoms with E-state index < -0.39 is 4.92 Å². The number of hydrogen-bond donors (Lipinski definition) is 1. The summed E-state index contributed by atoms with van der Waals surface area (Å²) in [6, 6.07) is 7.33. The number of hydrogen-bond acceptors (Lipinski definition) is 6. The van der Waals surface area contributed by atoms with Crippen LogP contribution in [-0.4, -0.2) is 23.2 Å². The molecule has 9 heteroatoms. The van der Waals surface area contributed by atoms with Gasteiger partial charge in [0.25, 0.3) is 0 Å². The number of Topliss-reactive ketones (excluding diaryl/α,β-unsaturated/α-hetero) is 1. The summed E-state index contributed by atoms with van der Waals surface area (Å²) < 4.78 is 5.26. The number of rotatable bonds is 7. The minimum atomic E-state index is -0.623. The van der Waals surface area contributed by atoms with Crippen molar-refractivity contribution in [2.75, 3.05) is 6.61 Å². The Morgan fingerprint density at radius 1 is 1.33 bits per heavy atom. The number of thiophene rings is 1. The molecule has 0 unspecified atom stereocenters. The van der Waals surface area contributed by atoms with E-state index in [0.717, 1.165) is 10.9 Å². The smallest absolute Gasteiger partial charge is 0.312 e. The predicted octanol–water partition coefficient (Wildman–Crippen LogP) is 3.21. The Bertz CT molecular complexity index is 790. The van der Waals surface area contributed by atoms with E-state index in [4.69, 9.17) is 16.3 Å². The van der Waals surface area contributed by atoms with Crippen LogP contribution in [-0.2, 0) is 11.3 Å². The summed E-state index contributed by atoms with van der Waals surface area (Å²) in [5, 5.41) is 13.8. The van der Waals surface area contributed by atoms with E-state index in [1.807, 2.05) is 0 Å². The summed E-state index contributed by atoms with van der Waals surface area (Å²) in [5.41, 5.74) is -0.298. The number of nitrogens with one attached hydrogen (secondary N) is 1. The van der Waals surface area contributed by atoms with Crippen molar-refractivity contribution in [3.8, 4) is 5.75 Å². The number of nitrogens with zero attached hydrogens (tertiary/aromatic N) is 1. The van der Waals surface area contributed by atoms with Crippen LogP contribution in [0.15, 0.2) is 30.3 Å². The summed E-state index contributed by atoms with van der Waals surface area (Å²) in [6.45, 7) is 1.42. The second kappa shape index (κ2) is 7.89. The Morgan fingerprint density at radius 3 is 2.75 bits per heavy atom. The molecule has 1 aromatic heterocycles. The fraction of sp³-hybridized carbons (Fsp3) is 0.200. The number of nitro benzene ring substituents is 1. The van der Waals surface area contributed by atoms with Gasteiger partial charge in [0.15, 0.2) is 12.4 Å². The number of carbonyl (C=O) groups is 2. The average Bonchev–Trinajstić information content (AvgIpc) is 3.00. The first-order chi connectivity index (χ1) is 11.4. The van der Waals surface area contributed by atoms with Gasteiger partial charge in [-0.2, -0.15) is 0 Å². The van der Waals surface area contributed by atoms with Crippen molar-refractivity contribution >= 4 is 40.3 Å². The summed E-state index contributed by atoms with van der Waals surface area (Å²) in [5.74, 6) is -0.485. The molecule has 0 bridgehead atoms. The number of benzene rings is 1. The standard InChI is InChI=1S/C15H13ClN2O5S/c1-9(19)17-7-11-3-5-15(24-11)13(20)8-23-14-4-2-10(16)6-12(14)18(21)22/h2-6H,7-8H2,1H3,(H,17,19). The topological polar surface area (TPSA) is 98.5 Å². The molecule has 0 saturated heterocycles. The largest absolute Gasteiger partial charge is 0.478 e. The lowest BCUT2D eigenvalue weighted by molar-refractivity contribution is -0.385. The molecule has 2 aromatic rings. The summed E-state index contributed by atoms with van der Waals surface area (Å²) in [7, 11) is 0. The van der Waals surface area contributed by atoms with Crippen molar-refractivity contribution in [2.45, 2.75) is 13.5 Å². The van der Waals surface area contributed by atoms with Crippen molar-refractivity contribution < 1.29 is 19.2 Å². The molecule has 0 saturated carbocycles. The number of ether oxygens (including phenoxy) is 1. The third kappa shape index (κ3) is 4.77. The molecule has 126 valence electrons. The normalized spacial score (nSPS) is 10.2. The number of carbonyl (C=O) groups excluding carboxylic acids is 2. The van der Waals surface area contributed by atoms with Gasteiger partial charge < -0.3 is 10.1 Å². The fourth-order valence-electron chi connectivity index (χ4n) is 1.80. The fourth-order valence-corrected chi connectivity index (χ4v) is 2.84. The highest BCUT2D eigenvalue weighted by Crippen LogP contribution is 2.30. The van der Waals surface area contributed by atoms with Gasteiger partial charge in [-0.1, -0.05) is 11.6 Å². The minimum Gasteiger partial charge on any atom is -0.478 e. The first kappa shape index (κ1) is 17.9. The maximum Gasteiger partial charge on any atom is 0.312 e. The van der Waals surface area contributed by atoms with E-state index in [1.54, 1.807) is 12.1 Å². The zero-order chi connectivity index (χ0) is 17.7. The molecule has 1 amide bonds. The minimum absolute atomic E-state index is 0.0206. The number of nitro groups is 1. The third-order valence-electron chi connectivity index (χ3n) is 2.92. The van der Waals surface area contributed by atoms with E-state index in [0.29, 0.717) is 11.4 Å². The van der Waals surface area contributed by atoms with Crippen LogP contribution in [0.3, 0.4) is 0 Å². The van der Waals surface area contributed by atoms with Crippen LogP contribution < -0.4 is 10.1 Å². The third-order valence-corrected chi connectivity index (χ3v) is 4.29. The van der Waals surface area contributed by atoms with Gasteiger partial charge in [0, 0.05) is 22.9 Å². The molecule has 1 aromatic carbocycles. The molecular weight excluding hydrogens is 356 g/mol. The number of amides is 1. The highest BCUT2D eigenvalue weighted by molar-refractivity contribution is 7.14. The monoisotopic (exact) mass is 368 g/mol. The summed E-state index contributed by atoms with van der Waals surface area (Å²) >= 11 is 6.95. The first-order valence-electron chi connectivity index (χ1n) is 6.80. The van der Waals surface area contributed by atoms with E-state index in [1.165, 1.54) is 30.4 Å². The maximum atomic E-state index is 12.1. The lowest BCUT2D eigenvalue weighted by Crippen LogP contribution is -2.18. The first-order valence-corrected chi connectivity index (χ1v) is 7.99. The highest BCUT2D eigenvalue weighted by Gasteiger charge is 2.18. The molecule has 1 heterocycles. The van der Waals surface area contributed by atoms with Gasteiger partial charge in [-0.25, -0.2) is 0 Å². The summed E-state index contributed by atoms with van der Waals surface area (Å²) in [6.07, 6.45) is 0. The lowest BCUT2D eigenvalue weighted by atomic mass is 10.3. The van der Waals surface area contributed by atoms with Gasteiger partial charge in [-0.15, -0.1) is 11.3 Å². The highest BCUT2D eigenvalue weighted by atomic mass is 35.5. The quantitative estimate of drug-likeness (QED) is 0.459. The van der Waals surface area contributed by atoms with Crippen molar-refractivity contribution in [1.29, 1.82) is 0 Å². The second-order valence-electron chi connectivity index (χ2n) is 4.76. The van der Waals surface area contributed by atoms with Crippen LogP contribution in [0.1, 0.15) is 21.5 Å². The maximum absolute atomic E-state index is 12.1. The molecule has 2 rings (SSSR count). The van der Waals surface area contributed by atoms with Crippen LogP contribution in [0.4, 0.5) is 5.69 Å².